The fourth-order valence-electron chi connectivity index (χ4n) is 3.62. The first kappa shape index (κ1) is 27.5. The Bertz CT molecular complexity index is 1520. The molecule has 0 unspecified atom stereocenters. The molecule has 0 bridgehead atoms. The molecule has 0 spiro atoms. The summed E-state index contributed by atoms with van der Waals surface area (Å²) >= 11 is 11.9. The highest BCUT2D eigenvalue weighted by Crippen LogP contribution is 2.39. The smallest absolute Gasteiger partial charge is 0.373 e. The zero-order valence-electron chi connectivity index (χ0n) is 20.4. The Hall–Kier alpha value is -4.55. The lowest BCUT2D eigenvalue weighted by Crippen LogP contribution is -2.30. The summed E-state index contributed by atoms with van der Waals surface area (Å²) in [4.78, 5) is 49.0. The Morgan fingerprint density at radius 2 is 1.90 bits per heavy atom. The van der Waals surface area contributed by atoms with Crippen molar-refractivity contribution in [3.63, 3.8) is 0 Å². The van der Waals surface area contributed by atoms with E-state index in [0.29, 0.717) is 15.6 Å². The highest BCUT2D eigenvalue weighted by atomic mass is 35.5. The lowest BCUT2D eigenvalue weighted by atomic mass is 10.1. The van der Waals surface area contributed by atoms with Gasteiger partial charge in [-0.05, 0) is 47.5 Å². The average molecular weight is 576 g/mol. The molecule has 0 atom stereocenters. The molecular formula is C25H19Cl2N3O9. The average Bonchev–Trinajstić information content (AvgIpc) is 3.49. The summed E-state index contributed by atoms with van der Waals surface area (Å²) in [6, 6.07) is 9.43. The number of hydrogen-bond acceptors (Lipinski definition) is 9. The van der Waals surface area contributed by atoms with Crippen LogP contribution in [0.5, 0.6) is 11.5 Å². The number of hydrogen-bond donors (Lipinski definition) is 1. The number of esters is 1. The molecule has 1 fully saturated rings. The molecule has 1 aromatic heterocycles. The number of halogens is 2. The number of nitrogens with one attached hydrogen (secondary N) is 1. The highest BCUT2D eigenvalue weighted by molar-refractivity contribution is 6.42. The molecule has 1 aliphatic heterocycles. The van der Waals surface area contributed by atoms with Crippen molar-refractivity contribution in [1.29, 1.82) is 0 Å². The van der Waals surface area contributed by atoms with Crippen LogP contribution in [0.4, 0.5) is 10.5 Å². The number of urea groups is 1. The van der Waals surface area contributed by atoms with Gasteiger partial charge in [-0.3, -0.25) is 19.8 Å². The van der Waals surface area contributed by atoms with Crippen molar-refractivity contribution in [1.82, 2.24) is 10.2 Å². The van der Waals surface area contributed by atoms with Crippen LogP contribution >= 0.6 is 23.2 Å². The lowest BCUT2D eigenvalue weighted by Gasteiger charge is -2.12. The molecule has 202 valence electrons. The van der Waals surface area contributed by atoms with E-state index in [2.05, 4.69) is 10.1 Å². The van der Waals surface area contributed by atoms with Crippen molar-refractivity contribution < 1.29 is 37.9 Å². The summed E-state index contributed by atoms with van der Waals surface area (Å²) < 4.78 is 20.9. The Morgan fingerprint density at radius 3 is 2.56 bits per heavy atom. The van der Waals surface area contributed by atoms with Crippen molar-refractivity contribution in [3.05, 3.63) is 91.0 Å². The van der Waals surface area contributed by atoms with Crippen LogP contribution in [0, 0.1) is 10.1 Å². The largest absolute Gasteiger partial charge is 0.493 e. The SMILES string of the molecule is COC(=O)c1ccc(CN2C(=O)N/C(=C\c3cc(OC)c(OCc4ccc(Cl)c(Cl)c4)c([N+](=O)[O-])c3)C2=O)o1. The van der Waals surface area contributed by atoms with Crippen LogP contribution in [0.25, 0.3) is 6.08 Å². The third kappa shape index (κ3) is 5.97. The van der Waals surface area contributed by atoms with Crippen molar-refractivity contribution in [2.45, 2.75) is 13.2 Å². The molecule has 2 heterocycles. The van der Waals surface area contributed by atoms with Crippen LogP contribution in [0.3, 0.4) is 0 Å². The molecule has 0 saturated carbocycles. The number of benzene rings is 2. The van der Waals surface area contributed by atoms with Gasteiger partial charge in [0.25, 0.3) is 5.91 Å². The van der Waals surface area contributed by atoms with E-state index in [1.165, 1.54) is 44.6 Å². The summed E-state index contributed by atoms with van der Waals surface area (Å²) in [5.74, 6) is -1.46. The molecule has 4 rings (SSSR count). The van der Waals surface area contributed by atoms with E-state index >= 15 is 0 Å². The van der Waals surface area contributed by atoms with Crippen molar-refractivity contribution in [2.75, 3.05) is 14.2 Å². The third-order valence-corrected chi connectivity index (χ3v) is 6.22. The zero-order valence-corrected chi connectivity index (χ0v) is 21.9. The highest BCUT2D eigenvalue weighted by Gasteiger charge is 2.35. The van der Waals surface area contributed by atoms with E-state index in [1.807, 2.05) is 0 Å². The Labute approximate surface area is 230 Å². The number of amides is 3. The van der Waals surface area contributed by atoms with E-state index in [1.54, 1.807) is 18.2 Å². The van der Waals surface area contributed by atoms with E-state index in [0.717, 1.165) is 4.90 Å². The molecule has 12 nitrogen and oxygen atoms in total. The maximum Gasteiger partial charge on any atom is 0.373 e. The molecule has 1 saturated heterocycles. The minimum atomic E-state index is -0.745. The van der Waals surface area contributed by atoms with Gasteiger partial charge >= 0.3 is 17.7 Å². The second-order valence-corrected chi connectivity index (χ2v) is 8.82. The first-order valence-corrected chi connectivity index (χ1v) is 11.8. The topological polar surface area (TPSA) is 150 Å². The summed E-state index contributed by atoms with van der Waals surface area (Å²) in [5.41, 5.74) is 0.236. The third-order valence-electron chi connectivity index (χ3n) is 5.48. The second-order valence-electron chi connectivity index (χ2n) is 8.00. The van der Waals surface area contributed by atoms with Gasteiger partial charge in [0, 0.05) is 6.07 Å². The number of nitrogens with zero attached hydrogens (tertiary/aromatic N) is 2. The van der Waals surface area contributed by atoms with E-state index in [-0.39, 0.29) is 47.4 Å². The van der Waals surface area contributed by atoms with E-state index in [9.17, 15) is 24.5 Å². The minimum absolute atomic E-state index is 0.0238. The van der Waals surface area contributed by atoms with Crippen LogP contribution < -0.4 is 14.8 Å². The normalized spacial score (nSPS) is 13.9. The number of rotatable bonds is 9. The van der Waals surface area contributed by atoms with Gasteiger partial charge in [-0.1, -0.05) is 29.3 Å². The predicted molar refractivity (Wildman–Crippen MR) is 138 cm³/mol. The molecule has 0 radical (unpaired) electrons. The number of carbonyl (C=O) groups excluding carboxylic acids is 3. The maximum atomic E-state index is 12.9. The maximum absolute atomic E-state index is 12.9. The number of carbonyl (C=O) groups is 3. The summed E-state index contributed by atoms with van der Waals surface area (Å²) in [5, 5.41) is 14.9. The number of furan rings is 1. The molecule has 39 heavy (non-hydrogen) atoms. The van der Waals surface area contributed by atoms with Gasteiger partial charge in [-0.15, -0.1) is 0 Å². The van der Waals surface area contributed by atoms with Gasteiger partial charge in [0.05, 0.1) is 35.7 Å². The van der Waals surface area contributed by atoms with Crippen molar-refractivity contribution >= 4 is 52.9 Å². The molecule has 1 N–H and O–H groups in total. The molecule has 3 aromatic rings. The predicted octanol–water partition coefficient (Wildman–Crippen LogP) is 4.96. The Kier molecular flexibility index (Phi) is 8.07. The standard InChI is InChI=1S/C25H19Cl2N3O9/c1-36-21-10-14(9-19(30(34)35)22(21)38-12-13-3-5-16(26)17(27)7-13)8-18-23(31)29(25(33)28-18)11-15-4-6-20(39-15)24(32)37-2/h3-10H,11-12H2,1-2H3,(H,28,33)/b18-8-. The lowest BCUT2D eigenvalue weighted by molar-refractivity contribution is -0.386. The number of nitro groups is 1. The van der Waals surface area contributed by atoms with Crippen LogP contribution in [0.15, 0.2) is 52.6 Å². The molecule has 3 amide bonds. The van der Waals surface area contributed by atoms with Crippen LogP contribution in [0.1, 0.15) is 27.4 Å². The van der Waals surface area contributed by atoms with Gasteiger partial charge < -0.3 is 23.9 Å². The number of imide groups is 1. The summed E-state index contributed by atoms with van der Waals surface area (Å²) in [7, 11) is 2.49. The van der Waals surface area contributed by atoms with Crippen LogP contribution in [0.2, 0.25) is 10.0 Å². The zero-order chi connectivity index (χ0) is 28.3. The first-order valence-electron chi connectivity index (χ1n) is 11.1. The monoisotopic (exact) mass is 575 g/mol. The molecule has 1 aliphatic rings. The molecular weight excluding hydrogens is 557 g/mol. The van der Waals surface area contributed by atoms with Crippen molar-refractivity contribution in [3.8, 4) is 11.5 Å². The minimum Gasteiger partial charge on any atom is -0.493 e. The number of methoxy groups -OCH3 is 2. The molecule has 2 aromatic carbocycles. The van der Waals surface area contributed by atoms with E-state index in [4.69, 9.17) is 37.1 Å². The first-order chi connectivity index (χ1) is 18.6. The van der Waals surface area contributed by atoms with E-state index < -0.39 is 28.5 Å². The summed E-state index contributed by atoms with van der Waals surface area (Å²) in [6.07, 6.45) is 1.26. The fraction of sp³-hybridized carbons (Fsp3) is 0.160. The number of ether oxygens (including phenoxy) is 3. The van der Waals surface area contributed by atoms with Gasteiger partial charge in [-0.25, -0.2) is 9.59 Å². The van der Waals surface area contributed by atoms with Gasteiger partial charge in [-0.2, -0.15) is 0 Å². The van der Waals surface area contributed by atoms with Gasteiger partial charge in [0.2, 0.25) is 11.5 Å². The fourth-order valence-corrected chi connectivity index (χ4v) is 3.94. The Balaban J connectivity index is 1.58. The van der Waals surface area contributed by atoms with Crippen LogP contribution in [-0.2, 0) is 22.7 Å². The molecule has 14 heteroatoms. The second kappa shape index (κ2) is 11.5. The summed E-state index contributed by atoms with van der Waals surface area (Å²) in [6.45, 7) is -0.327. The van der Waals surface area contributed by atoms with Gasteiger partial charge in [0.15, 0.2) is 5.75 Å². The molecule has 0 aliphatic carbocycles. The Morgan fingerprint density at radius 1 is 1.13 bits per heavy atom. The van der Waals surface area contributed by atoms with Crippen LogP contribution in [-0.4, -0.2) is 42.0 Å². The van der Waals surface area contributed by atoms with Gasteiger partial charge in [0.1, 0.15) is 18.1 Å². The quantitative estimate of drug-likeness (QED) is 0.123. The van der Waals surface area contributed by atoms with Crippen molar-refractivity contribution in [2.24, 2.45) is 0 Å². The number of nitro benzene ring substituents is 1.